The molecule has 158 valence electrons. The Kier molecular flexibility index (Phi) is 7.60. The molecule has 2 aromatic carbocycles. The smallest absolute Gasteiger partial charge is 0.242 e. The van der Waals surface area contributed by atoms with Crippen molar-refractivity contribution < 1.29 is 22.7 Å². The lowest BCUT2D eigenvalue weighted by Gasteiger charge is -2.17. The van der Waals surface area contributed by atoms with Crippen LogP contribution in [0.1, 0.15) is 5.56 Å². The molecule has 0 fully saturated rings. The summed E-state index contributed by atoms with van der Waals surface area (Å²) in [4.78, 5) is 14.3. The Morgan fingerprint density at radius 3 is 2.14 bits per heavy atom. The molecule has 1 N–H and O–H groups in total. The quantitative estimate of drug-likeness (QED) is 0.667. The van der Waals surface area contributed by atoms with Crippen molar-refractivity contribution in [2.45, 2.75) is 11.4 Å². The summed E-state index contributed by atoms with van der Waals surface area (Å²) in [6, 6.07) is 11.7. The van der Waals surface area contributed by atoms with Crippen molar-refractivity contribution in [2.24, 2.45) is 0 Å². The number of hydrogen-bond donors (Lipinski definition) is 1. The van der Waals surface area contributed by atoms with Crippen LogP contribution in [-0.4, -0.2) is 65.4 Å². The number of hydrogen-bond acceptors (Lipinski definition) is 6. The van der Waals surface area contributed by atoms with E-state index in [0.29, 0.717) is 23.7 Å². The SMILES string of the molecule is COc1ccc(CN(C)CC(=O)Nc2ccc(S(=O)(=O)N(C)C)cc2)cc1OC. The van der Waals surface area contributed by atoms with E-state index in [1.54, 1.807) is 26.4 Å². The van der Waals surface area contributed by atoms with Crippen LogP contribution in [0.5, 0.6) is 11.5 Å². The van der Waals surface area contributed by atoms with Gasteiger partial charge in [-0.1, -0.05) is 6.07 Å². The van der Waals surface area contributed by atoms with Crippen LogP contribution in [0.2, 0.25) is 0 Å². The van der Waals surface area contributed by atoms with Gasteiger partial charge in [-0.05, 0) is 49.0 Å². The van der Waals surface area contributed by atoms with Gasteiger partial charge in [0.05, 0.1) is 25.7 Å². The number of likely N-dealkylation sites (N-methyl/N-ethyl adjacent to an activating group) is 1. The predicted molar refractivity (Wildman–Crippen MR) is 112 cm³/mol. The number of sulfonamides is 1. The van der Waals surface area contributed by atoms with Crippen molar-refractivity contribution in [3.05, 3.63) is 48.0 Å². The largest absolute Gasteiger partial charge is 0.493 e. The van der Waals surface area contributed by atoms with Crippen LogP contribution >= 0.6 is 0 Å². The van der Waals surface area contributed by atoms with E-state index in [4.69, 9.17) is 9.47 Å². The molecule has 0 aliphatic rings. The van der Waals surface area contributed by atoms with E-state index >= 15 is 0 Å². The van der Waals surface area contributed by atoms with Gasteiger partial charge in [-0.25, -0.2) is 12.7 Å². The maximum Gasteiger partial charge on any atom is 0.242 e. The number of methoxy groups -OCH3 is 2. The summed E-state index contributed by atoms with van der Waals surface area (Å²) in [5, 5.41) is 2.77. The van der Waals surface area contributed by atoms with E-state index in [-0.39, 0.29) is 17.3 Å². The topological polar surface area (TPSA) is 88.2 Å². The molecule has 8 nitrogen and oxygen atoms in total. The van der Waals surface area contributed by atoms with Gasteiger partial charge in [-0.2, -0.15) is 0 Å². The third kappa shape index (κ3) is 5.93. The second-order valence-electron chi connectivity index (χ2n) is 6.72. The molecule has 0 saturated heterocycles. The van der Waals surface area contributed by atoms with Crippen LogP contribution in [0.15, 0.2) is 47.4 Å². The van der Waals surface area contributed by atoms with Crippen LogP contribution in [0.4, 0.5) is 5.69 Å². The lowest BCUT2D eigenvalue weighted by Crippen LogP contribution is -2.29. The van der Waals surface area contributed by atoms with E-state index in [1.165, 1.54) is 26.2 Å². The molecule has 0 spiro atoms. The van der Waals surface area contributed by atoms with Gasteiger partial charge in [0.25, 0.3) is 0 Å². The Bertz CT molecular complexity index is 943. The number of carbonyl (C=O) groups excluding carboxylic acids is 1. The fraction of sp³-hybridized carbons (Fsp3) is 0.350. The number of anilines is 1. The molecule has 0 aliphatic carbocycles. The van der Waals surface area contributed by atoms with Crippen molar-refractivity contribution in [3.8, 4) is 11.5 Å². The average Bonchev–Trinajstić information content (AvgIpc) is 2.67. The van der Waals surface area contributed by atoms with Crippen molar-refractivity contribution in [3.63, 3.8) is 0 Å². The first-order valence-electron chi connectivity index (χ1n) is 8.89. The molecule has 29 heavy (non-hydrogen) atoms. The molecule has 1 amide bonds. The molecule has 0 aliphatic heterocycles. The summed E-state index contributed by atoms with van der Waals surface area (Å²) >= 11 is 0. The van der Waals surface area contributed by atoms with E-state index < -0.39 is 10.0 Å². The zero-order chi connectivity index (χ0) is 21.6. The summed E-state index contributed by atoms with van der Waals surface area (Å²) in [5.41, 5.74) is 1.52. The lowest BCUT2D eigenvalue weighted by molar-refractivity contribution is -0.117. The Labute approximate surface area is 172 Å². The molecule has 0 bridgehead atoms. The van der Waals surface area contributed by atoms with Crippen LogP contribution in [-0.2, 0) is 21.4 Å². The number of carbonyl (C=O) groups is 1. The van der Waals surface area contributed by atoms with Gasteiger partial charge in [-0.3, -0.25) is 9.69 Å². The number of benzene rings is 2. The molecule has 0 radical (unpaired) electrons. The van der Waals surface area contributed by atoms with E-state index in [1.807, 2.05) is 30.1 Å². The molecule has 2 rings (SSSR count). The van der Waals surface area contributed by atoms with Crippen LogP contribution in [0, 0.1) is 0 Å². The van der Waals surface area contributed by atoms with Gasteiger partial charge in [0.2, 0.25) is 15.9 Å². The molecular weight excluding hydrogens is 394 g/mol. The van der Waals surface area contributed by atoms with E-state index in [0.717, 1.165) is 9.87 Å². The Morgan fingerprint density at radius 1 is 0.966 bits per heavy atom. The molecule has 0 aromatic heterocycles. The predicted octanol–water partition coefficient (Wildman–Crippen LogP) is 2.02. The van der Waals surface area contributed by atoms with Crippen molar-refractivity contribution >= 4 is 21.6 Å². The van der Waals surface area contributed by atoms with Gasteiger partial charge in [0, 0.05) is 26.3 Å². The first-order valence-corrected chi connectivity index (χ1v) is 10.3. The second-order valence-corrected chi connectivity index (χ2v) is 8.87. The number of amides is 1. The van der Waals surface area contributed by atoms with Gasteiger partial charge in [0.15, 0.2) is 11.5 Å². The fourth-order valence-corrected chi connectivity index (χ4v) is 3.61. The first-order chi connectivity index (χ1) is 13.7. The van der Waals surface area contributed by atoms with Crippen LogP contribution in [0.25, 0.3) is 0 Å². The zero-order valence-electron chi connectivity index (χ0n) is 17.3. The molecule has 0 heterocycles. The number of nitrogens with one attached hydrogen (secondary N) is 1. The summed E-state index contributed by atoms with van der Waals surface area (Å²) in [7, 11) is 4.44. The van der Waals surface area contributed by atoms with Gasteiger partial charge in [0.1, 0.15) is 0 Å². The maximum atomic E-state index is 12.3. The average molecular weight is 422 g/mol. The van der Waals surface area contributed by atoms with Crippen LogP contribution < -0.4 is 14.8 Å². The zero-order valence-corrected chi connectivity index (χ0v) is 18.1. The van der Waals surface area contributed by atoms with Crippen molar-refractivity contribution in [2.75, 3.05) is 47.2 Å². The normalized spacial score (nSPS) is 11.6. The Morgan fingerprint density at radius 2 is 1.59 bits per heavy atom. The highest BCUT2D eigenvalue weighted by atomic mass is 32.2. The van der Waals surface area contributed by atoms with Gasteiger partial charge in [-0.15, -0.1) is 0 Å². The minimum atomic E-state index is -3.49. The summed E-state index contributed by atoms with van der Waals surface area (Å²) in [5.74, 6) is 1.09. The van der Waals surface area contributed by atoms with E-state index in [9.17, 15) is 13.2 Å². The highest BCUT2D eigenvalue weighted by Gasteiger charge is 2.17. The summed E-state index contributed by atoms with van der Waals surface area (Å²) < 4.78 is 35.8. The highest BCUT2D eigenvalue weighted by molar-refractivity contribution is 7.89. The molecule has 0 atom stereocenters. The van der Waals surface area contributed by atoms with Gasteiger partial charge >= 0.3 is 0 Å². The molecule has 2 aromatic rings. The summed E-state index contributed by atoms with van der Waals surface area (Å²) in [6.45, 7) is 0.722. The number of nitrogens with zero attached hydrogens (tertiary/aromatic N) is 2. The highest BCUT2D eigenvalue weighted by Crippen LogP contribution is 2.27. The number of ether oxygens (including phenoxy) is 2. The summed E-state index contributed by atoms with van der Waals surface area (Å²) in [6.07, 6.45) is 0. The third-order valence-electron chi connectivity index (χ3n) is 4.23. The standard InChI is InChI=1S/C20H27N3O5S/c1-22(2)29(25,26)17-9-7-16(8-10-17)21-20(24)14-23(3)13-15-6-11-18(27-4)19(12-15)28-5/h6-12H,13-14H2,1-5H3,(H,21,24). The maximum absolute atomic E-state index is 12.3. The van der Waals surface area contributed by atoms with Crippen molar-refractivity contribution in [1.82, 2.24) is 9.21 Å². The second kappa shape index (κ2) is 9.73. The van der Waals surface area contributed by atoms with Gasteiger partial charge < -0.3 is 14.8 Å². The molecular formula is C20H27N3O5S. The fourth-order valence-electron chi connectivity index (χ4n) is 2.71. The third-order valence-corrected chi connectivity index (χ3v) is 6.06. The van der Waals surface area contributed by atoms with Crippen LogP contribution in [0.3, 0.4) is 0 Å². The number of rotatable bonds is 9. The molecule has 0 saturated carbocycles. The lowest BCUT2D eigenvalue weighted by atomic mass is 10.2. The van der Waals surface area contributed by atoms with E-state index in [2.05, 4.69) is 5.32 Å². The Balaban J connectivity index is 1.95. The first kappa shape index (κ1) is 22.7. The van der Waals surface area contributed by atoms with Crippen molar-refractivity contribution in [1.29, 1.82) is 0 Å². The monoisotopic (exact) mass is 421 g/mol. The molecule has 0 unspecified atom stereocenters. The minimum absolute atomic E-state index is 0.172. The molecule has 9 heteroatoms. The minimum Gasteiger partial charge on any atom is -0.493 e. The Hall–Kier alpha value is -2.62.